The molecule has 0 radical (unpaired) electrons. The van der Waals surface area contributed by atoms with Gasteiger partial charge in [-0.15, -0.1) is 0 Å². The molecule has 0 atom stereocenters. The number of fused-ring (bicyclic) bond motifs is 1. The molecule has 1 heterocycles. The number of halogens is 1. The minimum atomic E-state index is -0.626. The van der Waals surface area contributed by atoms with E-state index >= 15 is 0 Å². The number of carbonyl (C=O) groups is 2. The molecule has 2 rings (SSSR count). The average Bonchev–Trinajstić information content (AvgIpc) is 2.17. The Hall–Kier alpha value is -1.55. The molecule has 0 aliphatic carbocycles. The summed E-state index contributed by atoms with van der Waals surface area (Å²) >= 11 is 5.85. The van der Waals surface area contributed by atoms with Gasteiger partial charge in [0.15, 0.2) is 5.78 Å². The van der Waals surface area contributed by atoms with Crippen LogP contribution in [0, 0.1) is 0 Å². The second kappa shape index (κ2) is 3.55. The fourth-order valence-corrected chi connectivity index (χ4v) is 1.92. The largest absolute Gasteiger partial charge is 0.383 e. The Labute approximate surface area is 91.4 Å². The molecule has 5 heteroatoms. The van der Waals surface area contributed by atoms with E-state index in [4.69, 9.17) is 17.3 Å². The molecule has 4 nitrogen and oxygen atoms in total. The summed E-state index contributed by atoms with van der Waals surface area (Å²) in [6, 6.07) is 3.13. The predicted molar refractivity (Wildman–Crippen MR) is 57.4 cm³/mol. The van der Waals surface area contributed by atoms with Crippen LogP contribution in [0.2, 0.25) is 5.02 Å². The number of anilines is 1. The zero-order chi connectivity index (χ0) is 11.0. The van der Waals surface area contributed by atoms with Gasteiger partial charge in [0.25, 0.3) is 5.91 Å². The van der Waals surface area contributed by atoms with Gasteiger partial charge in [-0.25, -0.2) is 0 Å². The van der Waals surface area contributed by atoms with Gasteiger partial charge in [-0.2, -0.15) is 0 Å². The molecule has 78 valence electrons. The summed E-state index contributed by atoms with van der Waals surface area (Å²) in [4.78, 5) is 22.7. The van der Waals surface area contributed by atoms with E-state index < -0.39 is 5.91 Å². The maximum Gasteiger partial charge on any atom is 0.252 e. The van der Waals surface area contributed by atoms with Crippen molar-refractivity contribution >= 4 is 29.0 Å². The van der Waals surface area contributed by atoms with Crippen molar-refractivity contribution in [2.45, 2.75) is 6.42 Å². The second-order valence-electron chi connectivity index (χ2n) is 3.31. The van der Waals surface area contributed by atoms with Crippen LogP contribution in [0.4, 0.5) is 5.69 Å². The first-order valence-corrected chi connectivity index (χ1v) is 4.88. The van der Waals surface area contributed by atoms with Crippen molar-refractivity contribution in [2.24, 2.45) is 5.73 Å². The van der Waals surface area contributed by atoms with Crippen molar-refractivity contribution < 1.29 is 9.59 Å². The molecule has 3 N–H and O–H groups in total. The van der Waals surface area contributed by atoms with Gasteiger partial charge in [0.05, 0.1) is 16.3 Å². The van der Waals surface area contributed by atoms with Gasteiger partial charge in [0, 0.05) is 18.5 Å². The first kappa shape index (κ1) is 9.98. The van der Waals surface area contributed by atoms with E-state index in [1.807, 2.05) is 0 Å². The number of ketones is 1. The highest BCUT2D eigenvalue weighted by molar-refractivity contribution is 6.35. The summed E-state index contributed by atoms with van der Waals surface area (Å²) in [5.41, 5.74) is 6.36. The SMILES string of the molecule is NC(=O)c1c(Cl)ccc2c1NCCC2=O. The topological polar surface area (TPSA) is 72.2 Å². The minimum Gasteiger partial charge on any atom is -0.383 e. The number of hydrogen-bond acceptors (Lipinski definition) is 3. The fourth-order valence-electron chi connectivity index (χ4n) is 1.67. The lowest BCUT2D eigenvalue weighted by Crippen LogP contribution is -2.23. The fraction of sp³-hybridized carbons (Fsp3) is 0.200. The first-order chi connectivity index (χ1) is 7.11. The van der Waals surface area contributed by atoms with Crippen LogP contribution in [0.15, 0.2) is 12.1 Å². The molecule has 0 fully saturated rings. The van der Waals surface area contributed by atoms with E-state index in [2.05, 4.69) is 5.32 Å². The Balaban J connectivity index is 2.68. The third-order valence-electron chi connectivity index (χ3n) is 2.36. The summed E-state index contributed by atoms with van der Waals surface area (Å²) in [6.45, 7) is 0.506. The second-order valence-corrected chi connectivity index (χ2v) is 3.72. The van der Waals surface area contributed by atoms with Crippen molar-refractivity contribution in [2.75, 3.05) is 11.9 Å². The molecule has 0 saturated heterocycles. The standard InChI is InChI=1S/C10H9ClN2O2/c11-6-2-1-5-7(14)3-4-13-9(5)8(6)10(12)15/h1-2,13H,3-4H2,(H2,12,15). The first-order valence-electron chi connectivity index (χ1n) is 4.50. The van der Waals surface area contributed by atoms with Gasteiger partial charge in [0.1, 0.15) is 0 Å². The van der Waals surface area contributed by atoms with Gasteiger partial charge >= 0.3 is 0 Å². The van der Waals surface area contributed by atoms with Crippen LogP contribution in [0.5, 0.6) is 0 Å². The third kappa shape index (κ3) is 1.57. The van der Waals surface area contributed by atoms with Crippen LogP contribution in [0.25, 0.3) is 0 Å². The molecule has 1 aromatic rings. The zero-order valence-corrected chi connectivity index (χ0v) is 8.60. The Morgan fingerprint density at radius 2 is 2.20 bits per heavy atom. The molecular weight excluding hydrogens is 216 g/mol. The molecule has 15 heavy (non-hydrogen) atoms. The number of carbonyl (C=O) groups excluding carboxylic acids is 2. The van der Waals surface area contributed by atoms with Crippen molar-refractivity contribution in [3.63, 3.8) is 0 Å². The van der Waals surface area contributed by atoms with Crippen molar-refractivity contribution in [1.29, 1.82) is 0 Å². The molecule has 1 aliphatic rings. The lowest BCUT2D eigenvalue weighted by Gasteiger charge is -2.19. The Kier molecular flexibility index (Phi) is 2.36. The van der Waals surface area contributed by atoms with Crippen LogP contribution < -0.4 is 11.1 Å². The number of primary amides is 1. The number of rotatable bonds is 1. The summed E-state index contributed by atoms with van der Waals surface area (Å²) in [7, 11) is 0. The van der Waals surface area contributed by atoms with E-state index in [1.165, 1.54) is 6.07 Å². The lowest BCUT2D eigenvalue weighted by atomic mass is 9.98. The Bertz CT molecular complexity index is 457. The van der Waals surface area contributed by atoms with E-state index in [0.717, 1.165) is 0 Å². The molecule has 1 amide bonds. The predicted octanol–water partition coefficient (Wildman–Crippen LogP) is 1.44. The average molecular weight is 225 g/mol. The number of hydrogen-bond donors (Lipinski definition) is 2. The van der Waals surface area contributed by atoms with Gasteiger partial charge in [-0.1, -0.05) is 11.6 Å². The van der Waals surface area contributed by atoms with Crippen LogP contribution in [0.3, 0.4) is 0 Å². The number of Topliss-reactive ketones (excluding diaryl/α,β-unsaturated/α-hetero) is 1. The van der Waals surface area contributed by atoms with E-state index in [9.17, 15) is 9.59 Å². The van der Waals surface area contributed by atoms with Gasteiger partial charge < -0.3 is 11.1 Å². The summed E-state index contributed by atoms with van der Waals surface area (Å²) in [5.74, 6) is -0.623. The van der Waals surface area contributed by atoms with Gasteiger partial charge in [-0.3, -0.25) is 9.59 Å². The molecule has 0 bridgehead atoms. The van der Waals surface area contributed by atoms with Crippen molar-refractivity contribution in [3.05, 3.63) is 28.3 Å². The number of nitrogens with two attached hydrogens (primary N) is 1. The molecule has 0 unspecified atom stereocenters. The van der Waals surface area contributed by atoms with Gasteiger partial charge in [0.2, 0.25) is 0 Å². The van der Waals surface area contributed by atoms with Crippen molar-refractivity contribution in [1.82, 2.24) is 0 Å². The molecule has 1 aromatic carbocycles. The smallest absolute Gasteiger partial charge is 0.252 e. The van der Waals surface area contributed by atoms with Crippen LogP contribution in [-0.2, 0) is 0 Å². The van der Waals surface area contributed by atoms with E-state index in [0.29, 0.717) is 24.2 Å². The number of amides is 1. The molecule has 0 aromatic heterocycles. The van der Waals surface area contributed by atoms with Crippen LogP contribution in [0.1, 0.15) is 27.1 Å². The summed E-state index contributed by atoms with van der Waals surface area (Å²) in [5, 5.41) is 3.24. The summed E-state index contributed by atoms with van der Waals surface area (Å²) in [6.07, 6.45) is 0.423. The lowest BCUT2D eigenvalue weighted by molar-refractivity contribution is 0.0984. The molecular formula is C10H9ClN2O2. The van der Waals surface area contributed by atoms with Crippen LogP contribution >= 0.6 is 11.6 Å². The monoisotopic (exact) mass is 224 g/mol. The molecule has 0 spiro atoms. The highest BCUT2D eigenvalue weighted by atomic mass is 35.5. The highest BCUT2D eigenvalue weighted by Crippen LogP contribution is 2.31. The Morgan fingerprint density at radius 3 is 2.87 bits per heavy atom. The van der Waals surface area contributed by atoms with Crippen molar-refractivity contribution in [3.8, 4) is 0 Å². The summed E-state index contributed by atoms with van der Waals surface area (Å²) < 4.78 is 0. The molecule has 1 aliphatic heterocycles. The quantitative estimate of drug-likeness (QED) is 0.758. The maximum atomic E-state index is 11.5. The van der Waals surface area contributed by atoms with Crippen LogP contribution in [-0.4, -0.2) is 18.2 Å². The minimum absolute atomic E-state index is 0.00270. The number of nitrogens with one attached hydrogen (secondary N) is 1. The highest BCUT2D eigenvalue weighted by Gasteiger charge is 2.23. The van der Waals surface area contributed by atoms with E-state index in [-0.39, 0.29) is 16.4 Å². The normalized spacial score (nSPS) is 14.3. The maximum absolute atomic E-state index is 11.5. The van der Waals surface area contributed by atoms with E-state index in [1.54, 1.807) is 6.07 Å². The van der Waals surface area contributed by atoms with Gasteiger partial charge in [-0.05, 0) is 12.1 Å². The Morgan fingerprint density at radius 1 is 1.47 bits per heavy atom. The molecule has 0 saturated carbocycles. The third-order valence-corrected chi connectivity index (χ3v) is 2.67. The number of benzene rings is 1. The zero-order valence-electron chi connectivity index (χ0n) is 7.84.